The second-order valence-corrected chi connectivity index (χ2v) is 7.03. The van der Waals surface area contributed by atoms with Gasteiger partial charge in [0, 0.05) is 31.7 Å². The number of rotatable bonds is 7. The highest BCUT2D eigenvalue weighted by Crippen LogP contribution is 2.26. The summed E-state index contributed by atoms with van der Waals surface area (Å²) in [5, 5.41) is 6.90. The number of ether oxygens (including phenoxy) is 1. The number of hydrogen-bond acceptors (Lipinski definition) is 3. The number of nitrogens with zero attached hydrogens (tertiary/aromatic N) is 2. The van der Waals surface area contributed by atoms with Gasteiger partial charge in [-0.05, 0) is 39.8 Å². The molecule has 1 saturated carbocycles. The highest BCUT2D eigenvalue weighted by molar-refractivity contribution is 5.80. The topological polar surface area (TPSA) is 48.9 Å². The summed E-state index contributed by atoms with van der Waals surface area (Å²) < 4.78 is 5.50. The molecule has 0 heterocycles. The molecule has 1 aromatic rings. The van der Waals surface area contributed by atoms with Gasteiger partial charge in [-0.3, -0.25) is 4.99 Å². The van der Waals surface area contributed by atoms with Gasteiger partial charge in [0.2, 0.25) is 0 Å². The zero-order valence-electron chi connectivity index (χ0n) is 16.4. The van der Waals surface area contributed by atoms with Gasteiger partial charge in [-0.2, -0.15) is 0 Å². The fourth-order valence-electron chi connectivity index (χ4n) is 3.55. The number of nitrogens with one attached hydrogen (secondary N) is 2. The van der Waals surface area contributed by atoms with Gasteiger partial charge in [0.05, 0.1) is 13.2 Å². The monoisotopic (exact) mass is 346 g/mol. The zero-order chi connectivity index (χ0) is 18.2. The van der Waals surface area contributed by atoms with E-state index in [2.05, 4.69) is 53.6 Å². The fraction of sp³-hybridized carbons (Fsp3) is 0.650. The fourth-order valence-corrected chi connectivity index (χ4v) is 3.55. The Labute approximate surface area is 152 Å². The quantitative estimate of drug-likeness (QED) is 0.588. The van der Waals surface area contributed by atoms with Crippen LogP contribution in [0.5, 0.6) is 5.75 Å². The van der Waals surface area contributed by atoms with Crippen molar-refractivity contribution in [1.82, 2.24) is 15.5 Å². The van der Waals surface area contributed by atoms with E-state index in [1.54, 1.807) is 7.11 Å². The molecule has 1 atom stereocenters. The average molecular weight is 347 g/mol. The van der Waals surface area contributed by atoms with Crippen LogP contribution >= 0.6 is 0 Å². The molecule has 1 fully saturated rings. The Morgan fingerprint density at radius 2 is 2.08 bits per heavy atom. The molecule has 0 radical (unpaired) electrons. The Bertz CT molecular complexity index is 567. The number of methoxy groups -OCH3 is 1. The molecule has 2 N–H and O–H groups in total. The van der Waals surface area contributed by atoms with Crippen molar-refractivity contribution in [2.75, 3.05) is 34.3 Å². The van der Waals surface area contributed by atoms with E-state index >= 15 is 0 Å². The van der Waals surface area contributed by atoms with Crippen LogP contribution in [0.4, 0.5) is 0 Å². The van der Waals surface area contributed by atoms with Crippen molar-refractivity contribution in [2.24, 2.45) is 4.99 Å². The molecule has 1 aliphatic rings. The lowest BCUT2D eigenvalue weighted by Crippen LogP contribution is -2.43. The van der Waals surface area contributed by atoms with Gasteiger partial charge in [-0.1, -0.05) is 30.5 Å². The van der Waals surface area contributed by atoms with E-state index in [4.69, 9.17) is 4.74 Å². The first-order valence-electron chi connectivity index (χ1n) is 9.37. The van der Waals surface area contributed by atoms with Crippen LogP contribution in [0.3, 0.4) is 0 Å². The number of likely N-dealkylation sites (N-methyl/N-ethyl adjacent to an activating group) is 1. The van der Waals surface area contributed by atoms with Crippen LogP contribution in [-0.4, -0.2) is 51.2 Å². The Morgan fingerprint density at radius 1 is 1.36 bits per heavy atom. The molecule has 0 aromatic heterocycles. The molecule has 5 heteroatoms. The predicted molar refractivity (Wildman–Crippen MR) is 106 cm³/mol. The molecular formula is C20H34N4O. The van der Waals surface area contributed by atoms with Crippen LogP contribution in [0.1, 0.15) is 49.8 Å². The van der Waals surface area contributed by atoms with Crippen molar-refractivity contribution < 1.29 is 4.74 Å². The molecule has 1 aliphatic carbocycles. The molecule has 140 valence electrons. The van der Waals surface area contributed by atoms with Crippen molar-refractivity contribution >= 4 is 5.96 Å². The molecule has 5 nitrogen and oxygen atoms in total. The maximum atomic E-state index is 5.50. The smallest absolute Gasteiger partial charge is 0.191 e. The standard InChI is InChI=1S/C20H34N4O/c1-15-10-11-19(25-5)18(14-15)16(2)23-20(21-3)22-12-13-24(4)17-8-6-7-9-17/h10-11,14,16-17H,6-9,12-13H2,1-5H3,(H2,21,22,23). The van der Waals surface area contributed by atoms with Crippen LogP contribution < -0.4 is 15.4 Å². The molecule has 1 aromatic carbocycles. The minimum Gasteiger partial charge on any atom is -0.496 e. The lowest BCUT2D eigenvalue weighted by atomic mass is 10.0. The SMILES string of the molecule is CN=C(NCCN(C)C1CCCC1)NC(C)c1cc(C)ccc1OC. The summed E-state index contributed by atoms with van der Waals surface area (Å²) in [4.78, 5) is 6.83. The lowest BCUT2D eigenvalue weighted by molar-refractivity contribution is 0.249. The van der Waals surface area contributed by atoms with Gasteiger partial charge < -0.3 is 20.3 Å². The Morgan fingerprint density at radius 3 is 2.72 bits per heavy atom. The van der Waals surface area contributed by atoms with Gasteiger partial charge in [0.25, 0.3) is 0 Å². The molecule has 0 bridgehead atoms. The van der Waals surface area contributed by atoms with E-state index in [-0.39, 0.29) is 6.04 Å². The van der Waals surface area contributed by atoms with E-state index in [9.17, 15) is 0 Å². The van der Waals surface area contributed by atoms with Crippen molar-refractivity contribution in [3.63, 3.8) is 0 Å². The molecule has 2 rings (SSSR count). The molecule has 0 aliphatic heterocycles. The predicted octanol–water partition coefficient (Wildman–Crippen LogP) is 3.10. The first-order chi connectivity index (χ1) is 12.0. The van der Waals surface area contributed by atoms with E-state index in [0.717, 1.165) is 36.4 Å². The molecular weight excluding hydrogens is 312 g/mol. The average Bonchev–Trinajstić information content (AvgIpc) is 3.15. The van der Waals surface area contributed by atoms with Gasteiger partial charge in [-0.25, -0.2) is 0 Å². The van der Waals surface area contributed by atoms with E-state index in [1.165, 1.54) is 31.2 Å². The van der Waals surface area contributed by atoms with Gasteiger partial charge in [-0.15, -0.1) is 0 Å². The third-order valence-corrected chi connectivity index (χ3v) is 5.13. The summed E-state index contributed by atoms with van der Waals surface area (Å²) in [6.07, 6.45) is 5.43. The highest BCUT2D eigenvalue weighted by Gasteiger charge is 2.19. The third-order valence-electron chi connectivity index (χ3n) is 5.13. The number of aryl methyl sites for hydroxylation is 1. The van der Waals surface area contributed by atoms with Gasteiger partial charge in [0.1, 0.15) is 5.75 Å². The number of aliphatic imine (C=N–C) groups is 1. The maximum Gasteiger partial charge on any atom is 0.191 e. The van der Waals surface area contributed by atoms with Crippen molar-refractivity contribution in [3.8, 4) is 5.75 Å². The Hall–Kier alpha value is -1.75. The number of benzene rings is 1. The summed E-state index contributed by atoms with van der Waals surface area (Å²) in [7, 11) is 5.76. The van der Waals surface area contributed by atoms with Crippen molar-refractivity contribution in [3.05, 3.63) is 29.3 Å². The maximum absolute atomic E-state index is 5.50. The molecule has 25 heavy (non-hydrogen) atoms. The van der Waals surface area contributed by atoms with Gasteiger partial charge in [0.15, 0.2) is 5.96 Å². The van der Waals surface area contributed by atoms with E-state index in [0.29, 0.717) is 0 Å². The zero-order valence-corrected chi connectivity index (χ0v) is 16.4. The van der Waals surface area contributed by atoms with Crippen molar-refractivity contribution in [1.29, 1.82) is 0 Å². The largest absolute Gasteiger partial charge is 0.496 e. The van der Waals surface area contributed by atoms with Crippen molar-refractivity contribution in [2.45, 2.75) is 51.6 Å². The molecule has 0 spiro atoms. The van der Waals surface area contributed by atoms with Gasteiger partial charge >= 0.3 is 0 Å². The Balaban J connectivity index is 1.85. The summed E-state index contributed by atoms with van der Waals surface area (Å²) in [6.45, 7) is 6.16. The van der Waals surface area contributed by atoms with Crippen LogP contribution in [-0.2, 0) is 0 Å². The molecule has 0 amide bonds. The summed E-state index contributed by atoms with van der Waals surface area (Å²) in [5.74, 6) is 1.73. The van der Waals surface area contributed by atoms with E-state index in [1.807, 2.05) is 13.1 Å². The first-order valence-corrected chi connectivity index (χ1v) is 9.37. The summed E-state index contributed by atoms with van der Waals surface area (Å²) in [6, 6.07) is 7.13. The highest BCUT2D eigenvalue weighted by atomic mass is 16.5. The minimum absolute atomic E-state index is 0.119. The molecule has 0 saturated heterocycles. The normalized spacial score (nSPS) is 17.0. The second-order valence-electron chi connectivity index (χ2n) is 7.03. The second kappa shape index (κ2) is 9.66. The van der Waals surface area contributed by atoms with Crippen LogP contribution in [0.2, 0.25) is 0 Å². The van der Waals surface area contributed by atoms with Crippen LogP contribution in [0.15, 0.2) is 23.2 Å². The van der Waals surface area contributed by atoms with Crippen LogP contribution in [0.25, 0.3) is 0 Å². The Kier molecular flexibility index (Phi) is 7.56. The number of hydrogen-bond donors (Lipinski definition) is 2. The first kappa shape index (κ1) is 19.6. The molecule has 1 unspecified atom stereocenters. The summed E-state index contributed by atoms with van der Waals surface area (Å²) in [5.41, 5.74) is 2.37. The third kappa shape index (κ3) is 5.63. The van der Waals surface area contributed by atoms with Crippen LogP contribution in [0, 0.1) is 6.92 Å². The number of guanidine groups is 1. The minimum atomic E-state index is 0.119. The van der Waals surface area contributed by atoms with E-state index < -0.39 is 0 Å². The lowest BCUT2D eigenvalue weighted by Gasteiger charge is -2.25. The summed E-state index contributed by atoms with van der Waals surface area (Å²) >= 11 is 0.